The van der Waals surface area contributed by atoms with Gasteiger partial charge < -0.3 is 15.2 Å². The Morgan fingerprint density at radius 2 is 2.00 bits per heavy atom. The number of likely N-dealkylation sites (tertiary alicyclic amines) is 1. The maximum Gasteiger partial charge on any atom is 0.234 e. The summed E-state index contributed by atoms with van der Waals surface area (Å²) in [7, 11) is 1.63. The van der Waals surface area contributed by atoms with Gasteiger partial charge in [-0.25, -0.2) is 0 Å². The zero-order valence-electron chi connectivity index (χ0n) is 15.0. The molecule has 2 heterocycles. The molecule has 0 unspecified atom stereocenters. The minimum atomic E-state index is -0.838. The van der Waals surface area contributed by atoms with Gasteiger partial charge in [0.1, 0.15) is 5.75 Å². The smallest absolute Gasteiger partial charge is 0.234 e. The minimum Gasteiger partial charge on any atom is -0.497 e. The Kier molecular flexibility index (Phi) is 5.85. The number of nitrogens with zero attached hydrogens (tertiary/aromatic N) is 2. The molecule has 1 amide bonds. The van der Waals surface area contributed by atoms with Crippen LogP contribution in [0, 0.1) is 0 Å². The SMILES string of the molecule is COc1ccc(C2(O)CCN(CC(=O)NCc3cccnc3)CC2)cc1. The Hall–Kier alpha value is -2.44. The van der Waals surface area contributed by atoms with Gasteiger partial charge in [-0.1, -0.05) is 18.2 Å². The number of hydrogen-bond donors (Lipinski definition) is 2. The van der Waals surface area contributed by atoms with Gasteiger partial charge in [-0.2, -0.15) is 0 Å². The van der Waals surface area contributed by atoms with E-state index in [0.717, 1.165) is 16.9 Å². The highest BCUT2D eigenvalue weighted by Crippen LogP contribution is 2.33. The molecule has 0 saturated carbocycles. The van der Waals surface area contributed by atoms with Crippen molar-refractivity contribution < 1.29 is 14.6 Å². The lowest BCUT2D eigenvalue weighted by Gasteiger charge is -2.38. The van der Waals surface area contributed by atoms with E-state index >= 15 is 0 Å². The quantitative estimate of drug-likeness (QED) is 0.825. The maximum atomic E-state index is 12.1. The number of carbonyl (C=O) groups excluding carboxylic acids is 1. The van der Waals surface area contributed by atoms with E-state index in [1.807, 2.05) is 36.4 Å². The fraction of sp³-hybridized carbons (Fsp3) is 0.400. The van der Waals surface area contributed by atoms with Crippen molar-refractivity contribution in [3.8, 4) is 5.75 Å². The molecule has 2 aromatic rings. The second-order valence-corrected chi connectivity index (χ2v) is 6.67. The van der Waals surface area contributed by atoms with E-state index in [0.29, 0.717) is 39.0 Å². The van der Waals surface area contributed by atoms with Crippen molar-refractivity contribution >= 4 is 5.91 Å². The number of ether oxygens (including phenoxy) is 1. The van der Waals surface area contributed by atoms with Crippen molar-refractivity contribution in [1.29, 1.82) is 0 Å². The van der Waals surface area contributed by atoms with Gasteiger partial charge in [-0.15, -0.1) is 0 Å². The monoisotopic (exact) mass is 355 g/mol. The number of aliphatic hydroxyl groups is 1. The molecule has 0 atom stereocenters. The molecule has 0 bridgehead atoms. The average Bonchev–Trinajstić information content (AvgIpc) is 2.69. The summed E-state index contributed by atoms with van der Waals surface area (Å²) in [5.41, 5.74) is 1.04. The summed E-state index contributed by atoms with van der Waals surface area (Å²) in [6.07, 6.45) is 4.67. The second-order valence-electron chi connectivity index (χ2n) is 6.67. The molecule has 0 aliphatic carbocycles. The molecular formula is C20H25N3O3. The highest BCUT2D eigenvalue weighted by atomic mass is 16.5. The Morgan fingerprint density at radius 3 is 2.62 bits per heavy atom. The lowest BCUT2D eigenvalue weighted by molar-refractivity contribution is -0.123. The molecule has 0 spiro atoms. The van der Waals surface area contributed by atoms with Gasteiger partial charge in [0.05, 0.1) is 19.3 Å². The summed E-state index contributed by atoms with van der Waals surface area (Å²) in [4.78, 5) is 18.3. The number of aromatic nitrogens is 1. The van der Waals surface area contributed by atoms with Crippen molar-refractivity contribution in [2.24, 2.45) is 0 Å². The molecule has 1 saturated heterocycles. The zero-order chi connectivity index (χ0) is 18.4. The van der Waals surface area contributed by atoms with Crippen LogP contribution in [0.1, 0.15) is 24.0 Å². The third-order valence-electron chi connectivity index (χ3n) is 4.89. The fourth-order valence-electron chi connectivity index (χ4n) is 3.23. The predicted octanol–water partition coefficient (Wildman–Crippen LogP) is 1.69. The molecule has 2 N–H and O–H groups in total. The first-order valence-electron chi connectivity index (χ1n) is 8.84. The number of amides is 1. The topological polar surface area (TPSA) is 74.7 Å². The summed E-state index contributed by atoms with van der Waals surface area (Å²) in [5, 5.41) is 13.8. The normalized spacial score (nSPS) is 16.8. The van der Waals surface area contributed by atoms with Gasteiger partial charge in [-0.05, 0) is 42.2 Å². The van der Waals surface area contributed by atoms with Crippen LogP contribution in [0.4, 0.5) is 0 Å². The van der Waals surface area contributed by atoms with Crippen LogP contribution in [0.15, 0.2) is 48.8 Å². The maximum absolute atomic E-state index is 12.1. The van der Waals surface area contributed by atoms with Crippen LogP contribution < -0.4 is 10.1 Å². The van der Waals surface area contributed by atoms with E-state index in [2.05, 4.69) is 15.2 Å². The number of benzene rings is 1. The number of piperidine rings is 1. The first-order chi connectivity index (χ1) is 12.6. The summed E-state index contributed by atoms with van der Waals surface area (Å²) < 4.78 is 5.17. The van der Waals surface area contributed by atoms with Crippen LogP contribution in [0.5, 0.6) is 5.75 Å². The van der Waals surface area contributed by atoms with Gasteiger partial charge in [0, 0.05) is 32.0 Å². The minimum absolute atomic E-state index is 0.0104. The first-order valence-corrected chi connectivity index (χ1v) is 8.84. The van der Waals surface area contributed by atoms with Crippen LogP contribution in [0.25, 0.3) is 0 Å². The molecular weight excluding hydrogens is 330 g/mol. The van der Waals surface area contributed by atoms with Crippen molar-refractivity contribution in [3.05, 3.63) is 59.9 Å². The van der Waals surface area contributed by atoms with Crippen LogP contribution >= 0.6 is 0 Å². The number of hydrogen-bond acceptors (Lipinski definition) is 5. The van der Waals surface area contributed by atoms with Gasteiger partial charge >= 0.3 is 0 Å². The molecule has 6 nitrogen and oxygen atoms in total. The Labute approximate surface area is 153 Å². The summed E-state index contributed by atoms with van der Waals surface area (Å²) in [5.74, 6) is 0.767. The summed E-state index contributed by atoms with van der Waals surface area (Å²) >= 11 is 0. The number of rotatable bonds is 6. The van der Waals surface area contributed by atoms with Gasteiger partial charge in [-0.3, -0.25) is 14.7 Å². The third kappa shape index (κ3) is 4.59. The standard InChI is InChI=1S/C20H25N3O3/c1-26-18-6-4-17(5-7-18)20(25)8-11-23(12-9-20)15-19(24)22-14-16-3-2-10-21-13-16/h2-7,10,13,25H,8-9,11-12,14-15H2,1H3,(H,22,24). The molecule has 1 aliphatic rings. The number of carbonyl (C=O) groups is 1. The number of methoxy groups -OCH3 is 1. The second kappa shape index (κ2) is 8.29. The van der Waals surface area contributed by atoms with E-state index in [-0.39, 0.29) is 5.91 Å². The fourth-order valence-corrected chi connectivity index (χ4v) is 3.23. The highest BCUT2D eigenvalue weighted by Gasteiger charge is 2.34. The van der Waals surface area contributed by atoms with Gasteiger partial charge in [0.25, 0.3) is 0 Å². The van der Waals surface area contributed by atoms with Crippen LogP contribution in [-0.4, -0.2) is 47.6 Å². The Morgan fingerprint density at radius 1 is 1.27 bits per heavy atom. The summed E-state index contributed by atoms with van der Waals surface area (Å²) in [6, 6.07) is 11.3. The van der Waals surface area contributed by atoms with Crippen molar-refractivity contribution in [3.63, 3.8) is 0 Å². The average molecular weight is 355 g/mol. The molecule has 138 valence electrons. The first kappa shape index (κ1) is 18.4. The highest BCUT2D eigenvalue weighted by molar-refractivity contribution is 5.78. The predicted molar refractivity (Wildman–Crippen MR) is 98.6 cm³/mol. The third-order valence-corrected chi connectivity index (χ3v) is 4.89. The molecule has 1 fully saturated rings. The molecule has 0 radical (unpaired) electrons. The van der Waals surface area contributed by atoms with E-state index in [1.54, 1.807) is 19.5 Å². The molecule has 1 aromatic heterocycles. The van der Waals surface area contributed by atoms with Crippen molar-refractivity contribution in [2.45, 2.75) is 25.0 Å². The molecule has 1 aliphatic heterocycles. The van der Waals surface area contributed by atoms with Gasteiger partial charge in [0.15, 0.2) is 0 Å². The van der Waals surface area contributed by atoms with Crippen molar-refractivity contribution in [1.82, 2.24) is 15.2 Å². The Balaban J connectivity index is 1.47. The number of nitrogens with one attached hydrogen (secondary N) is 1. The van der Waals surface area contributed by atoms with E-state index in [9.17, 15) is 9.90 Å². The lowest BCUT2D eigenvalue weighted by atomic mass is 9.84. The van der Waals surface area contributed by atoms with Crippen LogP contribution in [-0.2, 0) is 16.9 Å². The molecule has 6 heteroatoms. The largest absolute Gasteiger partial charge is 0.497 e. The van der Waals surface area contributed by atoms with Crippen molar-refractivity contribution in [2.75, 3.05) is 26.7 Å². The van der Waals surface area contributed by atoms with Crippen LogP contribution in [0.2, 0.25) is 0 Å². The molecule has 1 aromatic carbocycles. The Bertz CT molecular complexity index is 711. The van der Waals surface area contributed by atoms with Crippen LogP contribution in [0.3, 0.4) is 0 Å². The van der Waals surface area contributed by atoms with E-state index in [4.69, 9.17) is 4.74 Å². The zero-order valence-corrected chi connectivity index (χ0v) is 15.0. The summed E-state index contributed by atoms with van der Waals surface area (Å²) in [6.45, 7) is 2.20. The molecule has 3 rings (SSSR count). The lowest BCUT2D eigenvalue weighted by Crippen LogP contribution is -2.46. The van der Waals surface area contributed by atoms with E-state index in [1.165, 1.54) is 0 Å². The number of pyridine rings is 1. The van der Waals surface area contributed by atoms with Gasteiger partial charge in [0.2, 0.25) is 5.91 Å². The molecule has 26 heavy (non-hydrogen) atoms. The van der Waals surface area contributed by atoms with E-state index < -0.39 is 5.60 Å².